The summed E-state index contributed by atoms with van der Waals surface area (Å²) in [7, 11) is -1.38. The summed E-state index contributed by atoms with van der Waals surface area (Å²) in [6.07, 6.45) is 0. The van der Waals surface area contributed by atoms with Gasteiger partial charge in [-0.25, -0.2) is 8.42 Å². The summed E-state index contributed by atoms with van der Waals surface area (Å²) >= 11 is 6.06. The molecule has 1 aliphatic rings. The predicted molar refractivity (Wildman–Crippen MR) is 64.0 cm³/mol. The Kier molecular flexibility index (Phi) is 3.13. The van der Waals surface area contributed by atoms with Gasteiger partial charge in [-0.1, -0.05) is 12.1 Å². The van der Waals surface area contributed by atoms with Crippen molar-refractivity contribution in [3.05, 3.63) is 29.8 Å². The average molecular weight is 261 g/mol. The molecule has 1 aliphatic heterocycles. The molecule has 1 heterocycles. The highest BCUT2D eigenvalue weighted by Crippen LogP contribution is 2.33. The third-order valence-corrected chi connectivity index (χ3v) is 5.20. The van der Waals surface area contributed by atoms with Gasteiger partial charge < -0.3 is 4.74 Å². The Morgan fingerprint density at radius 1 is 1.25 bits per heavy atom. The van der Waals surface area contributed by atoms with Gasteiger partial charge >= 0.3 is 0 Å². The van der Waals surface area contributed by atoms with E-state index in [4.69, 9.17) is 16.3 Å². The van der Waals surface area contributed by atoms with Crippen LogP contribution < -0.4 is 4.74 Å². The molecule has 0 spiro atoms. The van der Waals surface area contributed by atoms with E-state index >= 15 is 0 Å². The first-order chi connectivity index (χ1) is 7.52. The van der Waals surface area contributed by atoms with E-state index in [2.05, 4.69) is 0 Å². The Balaban J connectivity index is 2.24. The van der Waals surface area contributed by atoms with Crippen molar-refractivity contribution in [3.8, 4) is 5.75 Å². The number of methoxy groups -OCH3 is 1. The van der Waals surface area contributed by atoms with Crippen LogP contribution in [0, 0.1) is 0 Å². The van der Waals surface area contributed by atoms with Crippen molar-refractivity contribution < 1.29 is 13.2 Å². The maximum absolute atomic E-state index is 11.4. The number of benzene rings is 1. The smallest absolute Gasteiger partial charge is 0.152 e. The van der Waals surface area contributed by atoms with Crippen LogP contribution in [0.5, 0.6) is 5.75 Å². The zero-order chi connectivity index (χ0) is 11.8. The highest BCUT2D eigenvalue weighted by Gasteiger charge is 2.37. The SMILES string of the molecule is COc1ccc(C2CS(=O)(=O)CC2Cl)cc1. The van der Waals surface area contributed by atoms with Crippen molar-refractivity contribution in [3.63, 3.8) is 0 Å². The van der Waals surface area contributed by atoms with Crippen molar-refractivity contribution in [2.75, 3.05) is 18.6 Å². The van der Waals surface area contributed by atoms with Gasteiger partial charge in [0, 0.05) is 5.92 Å². The van der Waals surface area contributed by atoms with Gasteiger partial charge in [0.2, 0.25) is 0 Å². The molecule has 0 radical (unpaired) electrons. The molecule has 0 N–H and O–H groups in total. The molecule has 3 nitrogen and oxygen atoms in total. The number of alkyl halides is 1. The molecule has 5 heteroatoms. The van der Waals surface area contributed by atoms with E-state index in [1.165, 1.54) is 0 Å². The van der Waals surface area contributed by atoms with Crippen molar-refractivity contribution >= 4 is 21.4 Å². The first kappa shape index (κ1) is 11.7. The normalized spacial score (nSPS) is 27.9. The largest absolute Gasteiger partial charge is 0.497 e. The van der Waals surface area contributed by atoms with Gasteiger partial charge in [0.25, 0.3) is 0 Å². The lowest BCUT2D eigenvalue weighted by Crippen LogP contribution is -2.09. The first-order valence-corrected chi connectivity index (χ1v) is 7.26. The van der Waals surface area contributed by atoms with Crippen LogP contribution in [-0.4, -0.2) is 32.4 Å². The van der Waals surface area contributed by atoms with Crippen LogP contribution in [0.25, 0.3) is 0 Å². The van der Waals surface area contributed by atoms with E-state index < -0.39 is 9.84 Å². The summed E-state index contributed by atoms with van der Waals surface area (Å²) in [4.78, 5) is 0. The Hall–Kier alpha value is -0.740. The first-order valence-electron chi connectivity index (χ1n) is 5.00. The number of rotatable bonds is 2. The second-order valence-corrected chi connectivity index (χ2v) is 6.69. The van der Waals surface area contributed by atoms with Crippen molar-refractivity contribution in [1.29, 1.82) is 0 Å². The maximum Gasteiger partial charge on any atom is 0.152 e. The van der Waals surface area contributed by atoms with Crippen molar-refractivity contribution in [1.82, 2.24) is 0 Å². The number of sulfone groups is 1. The second-order valence-electron chi connectivity index (χ2n) is 3.97. The topological polar surface area (TPSA) is 43.4 Å². The molecular weight excluding hydrogens is 248 g/mol. The Bertz CT molecular complexity index is 467. The summed E-state index contributed by atoms with van der Waals surface area (Å²) in [6, 6.07) is 7.40. The van der Waals surface area contributed by atoms with Crippen LogP contribution in [0.2, 0.25) is 0 Å². The molecule has 0 aromatic heterocycles. The van der Waals surface area contributed by atoms with Crippen LogP contribution in [0.3, 0.4) is 0 Å². The molecule has 2 unspecified atom stereocenters. The van der Waals surface area contributed by atoms with Gasteiger partial charge in [-0.2, -0.15) is 0 Å². The molecule has 1 aromatic carbocycles. The Morgan fingerprint density at radius 3 is 2.31 bits per heavy atom. The molecular formula is C11H13ClO3S. The summed E-state index contributed by atoms with van der Waals surface area (Å²) < 4.78 is 27.9. The Morgan fingerprint density at radius 2 is 1.88 bits per heavy atom. The van der Waals surface area contributed by atoms with Gasteiger partial charge in [0.05, 0.1) is 24.0 Å². The quantitative estimate of drug-likeness (QED) is 0.762. The molecule has 16 heavy (non-hydrogen) atoms. The molecule has 0 amide bonds. The van der Waals surface area contributed by atoms with E-state index in [0.29, 0.717) is 0 Å². The van der Waals surface area contributed by atoms with Crippen molar-refractivity contribution in [2.45, 2.75) is 11.3 Å². The summed E-state index contributed by atoms with van der Waals surface area (Å²) in [5.41, 5.74) is 0.960. The van der Waals surface area contributed by atoms with Gasteiger partial charge in [0.15, 0.2) is 9.84 Å². The maximum atomic E-state index is 11.4. The zero-order valence-electron chi connectivity index (χ0n) is 8.89. The number of hydrogen-bond acceptors (Lipinski definition) is 3. The third kappa shape index (κ3) is 2.33. The minimum atomic E-state index is -2.97. The fourth-order valence-electron chi connectivity index (χ4n) is 1.96. The molecule has 1 aromatic rings. The fourth-order valence-corrected chi connectivity index (χ4v) is 4.70. The monoisotopic (exact) mass is 260 g/mol. The highest BCUT2D eigenvalue weighted by atomic mass is 35.5. The molecule has 0 aliphatic carbocycles. The molecule has 88 valence electrons. The fraction of sp³-hybridized carbons (Fsp3) is 0.455. The van der Waals surface area contributed by atoms with E-state index in [9.17, 15) is 8.42 Å². The molecule has 2 rings (SSSR count). The van der Waals surface area contributed by atoms with E-state index in [1.807, 2.05) is 24.3 Å². The van der Waals surface area contributed by atoms with Crippen LogP contribution in [0.15, 0.2) is 24.3 Å². The van der Waals surface area contributed by atoms with Crippen LogP contribution >= 0.6 is 11.6 Å². The lowest BCUT2D eigenvalue weighted by atomic mass is 9.98. The number of halogens is 1. The average Bonchev–Trinajstić information content (AvgIpc) is 2.52. The van der Waals surface area contributed by atoms with Gasteiger partial charge in [-0.15, -0.1) is 11.6 Å². The van der Waals surface area contributed by atoms with E-state index in [-0.39, 0.29) is 22.8 Å². The molecule has 0 saturated carbocycles. The predicted octanol–water partition coefficient (Wildman–Crippen LogP) is 1.81. The minimum absolute atomic E-state index is 0.0747. The van der Waals surface area contributed by atoms with E-state index in [0.717, 1.165) is 11.3 Å². The van der Waals surface area contributed by atoms with Gasteiger partial charge in [0.1, 0.15) is 5.75 Å². The number of ether oxygens (including phenoxy) is 1. The lowest BCUT2D eigenvalue weighted by molar-refractivity contribution is 0.414. The van der Waals surface area contributed by atoms with Gasteiger partial charge in [-0.3, -0.25) is 0 Å². The third-order valence-electron chi connectivity index (χ3n) is 2.83. The van der Waals surface area contributed by atoms with E-state index in [1.54, 1.807) is 7.11 Å². The Labute approximate surface area is 100 Å². The molecule has 1 saturated heterocycles. The summed E-state index contributed by atoms with van der Waals surface area (Å²) in [6.45, 7) is 0. The summed E-state index contributed by atoms with van der Waals surface area (Å²) in [5, 5.41) is -0.321. The molecule has 1 fully saturated rings. The molecule has 2 atom stereocenters. The van der Waals surface area contributed by atoms with Gasteiger partial charge in [-0.05, 0) is 17.7 Å². The van der Waals surface area contributed by atoms with Crippen LogP contribution in [-0.2, 0) is 9.84 Å². The lowest BCUT2D eigenvalue weighted by Gasteiger charge is -2.12. The highest BCUT2D eigenvalue weighted by molar-refractivity contribution is 7.91. The van der Waals surface area contributed by atoms with Crippen LogP contribution in [0.1, 0.15) is 11.5 Å². The minimum Gasteiger partial charge on any atom is -0.497 e. The van der Waals surface area contributed by atoms with Crippen molar-refractivity contribution in [2.24, 2.45) is 0 Å². The number of hydrogen-bond donors (Lipinski definition) is 0. The summed E-state index contributed by atoms with van der Waals surface area (Å²) in [5.74, 6) is 0.881. The zero-order valence-corrected chi connectivity index (χ0v) is 10.5. The van der Waals surface area contributed by atoms with Crippen LogP contribution in [0.4, 0.5) is 0 Å². The second kappa shape index (κ2) is 4.26. The standard InChI is InChI=1S/C11H13ClO3S/c1-15-9-4-2-8(3-5-9)10-6-16(13,14)7-11(10)12/h2-5,10-11H,6-7H2,1H3. The molecule has 0 bridgehead atoms.